The molecule has 3 aromatic rings. The van der Waals surface area contributed by atoms with Crippen LogP contribution in [0.15, 0.2) is 54.6 Å². The van der Waals surface area contributed by atoms with Crippen molar-refractivity contribution in [2.75, 3.05) is 24.6 Å². The number of halogens is 1. The second kappa shape index (κ2) is 15.6. The van der Waals surface area contributed by atoms with E-state index < -0.39 is 18.5 Å². The largest absolute Gasteiger partial charge is 0.479 e. The molecule has 8 nitrogen and oxygen atoms in total. The van der Waals surface area contributed by atoms with Gasteiger partial charge in [-0.05, 0) is 63.4 Å². The molecule has 0 saturated carbocycles. The number of benzene rings is 2. The first-order valence-electron chi connectivity index (χ1n) is 12.3. The number of rotatable bonds is 7. The number of thiophene rings is 1. The topological polar surface area (TPSA) is 139 Å². The number of carboxylic acids is 2. The smallest absolute Gasteiger partial charge is 0.349 e. The fourth-order valence-corrected chi connectivity index (χ4v) is 6.01. The van der Waals surface area contributed by atoms with Crippen LogP contribution in [0.2, 0.25) is 5.02 Å². The molecule has 1 saturated heterocycles. The molecule has 2 aromatic carbocycles. The Kier molecular flexibility index (Phi) is 12.9. The average Bonchev–Trinajstić information content (AvgIpc) is 3.17. The van der Waals surface area contributed by atoms with Crippen molar-refractivity contribution in [2.45, 2.75) is 51.3 Å². The zero-order valence-corrected chi connectivity index (χ0v) is 24.7. The number of hydrogen-bond donors (Lipinski definition) is 4. The van der Waals surface area contributed by atoms with Crippen LogP contribution in [-0.2, 0) is 10.5 Å². The second-order valence-electron chi connectivity index (χ2n) is 9.42. The van der Waals surface area contributed by atoms with Crippen LogP contribution in [0.25, 0.3) is 0 Å². The molecular weight excluding hydrogens is 558 g/mol. The third-order valence-corrected chi connectivity index (χ3v) is 8.81. The molecule has 1 fully saturated rings. The lowest BCUT2D eigenvalue weighted by atomic mass is 9.93. The molecule has 4 rings (SSSR count). The number of hydrogen-bond acceptors (Lipinski definition) is 8. The van der Waals surface area contributed by atoms with Gasteiger partial charge < -0.3 is 26.4 Å². The van der Waals surface area contributed by atoms with E-state index in [4.69, 9.17) is 38.0 Å². The number of nitrogens with two attached hydrogens (primary N) is 2. The van der Waals surface area contributed by atoms with Crippen molar-refractivity contribution in [3.05, 3.63) is 74.9 Å². The first-order chi connectivity index (χ1) is 18.4. The number of para-hydroxylation sites is 1. The molecule has 0 aliphatic carbocycles. The van der Waals surface area contributed by atoms with Gasteiger partial charge in [-0.1, -0.05) is 60.3 Å². The standard InChI is InChI=1S/C14H22N2S.C8H7ClO5S.C6H7N/c1-14(2)8-3-4-9-16(14)17-11-12-6-5-7-13(15)10-12;1-3-5(9)6(14-2-4(10)11)7(15-3)8(12)13;7-6-4-2-1-3-5-6/h5-7,10H,3-4,8-9,11,15H2,1-2H3;2H2,1H3,(H,10,11)(H,12,13);1-5H,7H2. The second-order valence-corrected chi connectivity index (χ2v) is 12.0. The number of anilines is 2. The fourth-order valence-electron chi connectivity index (χ4n) is 3.68. The highest BCUT2D eigenvalue weighted by atomic mass is 35.5. The highest BCUT2D eigenvalue weighted by Gasteiger charge is 2.29. The van der Waals surface area contributed by atoms with Gasteiger partial charge in [-0.25, -0.2) is 13.9 Å². The summed E-state index contributed by atoms with van der Waals surface area (Å²) in [6.45, 7) is 6.92. The molecule has 212 valence electrons. The quantitative estimate of drug-likeness (QED) is 0.171. The highest BCUT2D eigenvalue weighted by Crippen LogP contribution is 2.39. The van der Waals surface area contributed by atoms with Crippen LogP contribution in [0, 0.1) is 6.92 Å². The Balaban J connectivity index is 0.000000222. The van der Waals surface area contributed by atoms with Gasteiger partial charge >= 0.3 is 11.9 Å². The number of nitrogen functional groups attached to an aromatic ring is 2. The zero-order valence-electron chi connectivity index (χ0n) is 22.4. The first-order valence-corrected chi connectivity index (χ1v) is 14.5. The molecular formula is C28H36ClN3O5S2. The van der Waals surface area contributed by atoms with E-state index in [1.54, 1.807) is 6.92 Å². The molecule has 39 heavy (non-hydrogen) atoms. The Bertz CT molecular complexity index is 1220. The number of carbonyl (C=O) groups is 2. The minimum atomic E-state index is -1.19. The van der Waals surface area contributed by atoms with E-state index >= 15 is 0 Å². The summed E-state index contributed by atoms with van der Waals surface area (Å²) in [5, 5.41) is 17.3. The molecule has 0 amide bonds. The van der Waals surface area contributed by atoms with Gasteiger partial charge in [0.05, 0.1) is 5.02 Å². The van der Waals surface area contributed by atoms with Crippen molar-refractivity contribution >= 4 is 58.2 Å². The van der Waals surface area contributed by atoms with Crippen LogP contribution in [0.3, 0.4) is 0 Å². The Hall–Kier alpha value is -2.92. The third-order valence-electron chi connectivity index (χ3n) is 5.72. The Morgan fingerprint density at radius 3 is 2.28 bits per heavy atom. The predicted octanol–water partition coefficient (Wildman–Crippen LogP) is 6.82. The van der Waals surface area contributed by atoms with Gasteiger partial charge in [0.1, 0.15) is 0 Å². The number of carboxylic acid groups (broad SMARTS) is 2. The molecule has 1 aromatic heterocycles. The molecule has 0 bridgehead atoms. The van der Waals surface area contributed by atoms with Crippen molar-refractivity contribution < 1.29 is 24.5 Å². The minimum Gasteiger partial charge on any atom is -0.479 e. The van der Waals surface area contributed by atoms with Crippen LogP contribution in [0.4, 0.5) is 11.4 Å². The number of aliphatic carboxylic acids is 1. The first kappa shape index (κ1) is 32.3. The zero-order chi connectivity index (χ0) is 29.0. The van der Waals surface area contributed by atoms with E-state index in [-0.39, 0.29) is 15.6 Å². The lowest BCUT2D eigenvalue weighted by Gasteiger charge is -2.41. The van der Waals surface area contributed by atoms with Gasteiger partial charge in [-0.2, -0.15) is 0 Å². The summed E-state index contributed by atoms with van der Waals surface area (Å²) in [7, 11) is 0. The van der Waals surface area contributed by atoms with Gasteiger partial charge in [0.25, 0.3) is 0 Å². The Morgan fingerprint density at radius 1 is 1.08 bits per heavy atom. The maximum Gasteiger partial charge on any atom is 0.349 e. The third kappa shape index (κ3) is 11.0. The Labute approximate surface area is 243 Å². The van der Waals surface area contributed by atoms with Crippen LogP contribution in [0.1, 0.15) is 53.2 Å². The van der Waals surface area contributed by atoms with E-state index in [1.807, 2.05) is 54.4 Å². The molecule has 2 heterocycles. The van der Waals surface area contributed by atoms with E-state index in [1.165, 1.54) is 31.4 Å². The van der Waals surface area contributed by atoms with Crippen LogP contribution in [0.5, 0.6) is 5.75 Å². The summed E-state index contributed by atoms with van der Waals surface area (Å²) >= 11 is 8.67. The summed E-state index contributed by atoms with van der Waals surface area (Å²) in [4.78, 5) is 21.5. The SMILES string of the molecule is CC1(C)CCCCN1SCc1cccc(N)c1.Cc1sc(C(=O)O)c(OCC(=O)O)c1Cl.Nc1ccccc1. The van der Waals surface area contributed by atoms with E-state index in [9.17, 15) is 9.59 Å². The number of piperidine rings is 1. The average molecular weight is 594 g/mol. The molecule has 0 unspecified atom stereocenters. The number of nitrogens with zero attached hydrogens (tertiary/aromatic N) is 1. The summed E-state index contributed by atoms with van der Waals surface area (Å²) in [5.41, 5.74) is 14.5. The van der Waals surface area contributed by atoms with Gasteiger partial charge in [0.2, 0.25) is 0 Å². The molecule has 6 N–H and O–H groups in total. The van der Waals surface area contributed by atoms with Crippen molar-refractivity contribution in [3.63, 3.8) is 0 Å². The monoisotopic (exact) mass is 593 g/mol. The van der Waals surface area contributed by atoms with E-state index in [0.717, 1.165) is 28.5 Å². The molecule has 11 heteroatoms. The van der Waals surface area contributed by atoms with E-state index in [0.29, 0.717) is 10.4 Å². The molecule has 0 atom stereocenters. The van der Waals surface area contributed by atoms with Crippen molar-refractivity contribution in [2.24, 2.45) is 0 Å². The van der Waals surface area contributed by atoms with Crippen molar-refractivity contribution in [1.82, 2.24) is 4.31 Å². The highest BCUT2D eigenvalue weighted by molar-refractivity contribution is 7.96. The van der Waals surface area contributed by atoms with E-state index in [2.05, 4.69) is 30.3 Å². The number of ether oxygens (including phenoxy) is 1. The van der Waals surface area contributed by atoms with Crippen molar-refractivity contribution in [3.8, 4) is 5.75 Å². The molecule has 1 aliphatic heterocycles. The van der Waals surface area contributed by atoms with Gasteiger partial charge in [0.15, 0.2) is 17.2 Å². The van der Waals surface area contributed by atoms with Crippen molar-refractivity contribution in [1.29, 1.82) is 0 Å². The lowest BCUT2D eigenvalue weighted by Crippen LogP contribution is -2.42. The maximum atomic E-state index is 10.8. The maximum absolute atomic E-state index is 10.8. The molecule has 0 spiro atoms. The molecule has 0 radical (unpaired) electrons. The number of aromatic carboxylic acids is 1. The van der Waals surface area contributed by atoms with Gasteiger partial charge in [0, 0.05) is 34.1 Å². The van der Waals surface area contributed by atoms with Crippen LogP contribution >= 0.6 is 34.9 Å². The van der Waals surface area contributed by atoms with Crippen LogP contribution in [-0.4, -0.2) is 45.1 Å². The summed E-state index contributed by atoms with van der Waals surface area (Å²) < 4.78 is 7.35. The van der Waals surface area contributed by atoms with Crippen LogP contribution < -0.4 is 16.2 Å². The fraction of sp³-hybridized carbons (Fsp3) is 0.357. The summed E-state index contributed by atoms with van der Waals surface area (Å²) in [6.07, 6.45) is 3.99. The molecule has 1 aliphatic rings. The Morgan fingerprint density at radius 2 is 1.74 bits per heavy atom. The van der Waals surface area contributed by atoms with Gasteiger partial charge in [-0.3, -0.25) is 0 Å². The van der Waals surface area contributed by atoms with Gasteiger partial charge in [-0.15, -0.1) is 11.3 Å². The predicted molar refractivity (Wildman–Crippen MR) is 162 cm³/mol. The normalized spacial score (nSPS) is 14.3. The summed E-state index contributed by atoms with van der Waals surface area (Å²) in [6, 6.07) is 17.7. The number of aryl methyl sites for hydroxylation is 1. The summed E-state index contributed by atoms with van der Waals surface area (Å²) in [5.74, 6) is -1.43. The lowest BCUT2D eigenvalue weighted by molar-refractivity contribution is -0.139. The minimum absolute atomic E-state index is 0.0749.